The van der Waals surface area contributed by atoms with Crippen LogP contribution in [0, 0.1) is 11.7 Å². The van der Waals surface area contributed by atoms with Crippen molar-refractivity contribution in [2.75, 3.05) is 18.4 Å². The topological polar surface area (TPSA) is 67.2 Å². The molecule has 6 nitrogen and oxygen atoms in total. The summed E-state index contributed by atoms with van der Waals surface area (Å²) in [5.41, 5.74) is 2.20. The molecule has 7 heteroatoms. The fourth-order valence-electron chi connectivity index (χ4n) is 4.10. The van der Waals surface area contributed by atoms with Gasteiger partial charge in [0.25, 0.3) is 0 Å². The number of benzene rings is 2. The molecule has 1 N–H and O–H groups in total. The highest BCUT2D eigenvalue weighted by atomic mass is 19.1. The molecule has 0 saturated carbocycles. The SMILES string of the molecule is CCCCC(CC)C(=O)N(CCC)CC(=O)Nc1cc(-c2ccccc2)nn1-c1ccc(F)cc1. The maximum Gasteiger partial charge on any atom is 0.245 e. The summed E-state index contributed by atoms with van der Waals surface area (Å²) < 4.78 is 15.1. The zero-order valence-corrected chi connectivity index (χ0v) is 20.8. The first-order valence-corrected chi connectivity index (χ1v) is 12.5. The Balaban J connectivity index is 1.84. The van der Waals surface area contributed by atoms with Crippen molar-refractivity contribution in [1.29, 1.82) is 0 Å². The third kappa shape index (κ3) is 7.01. The van der Waals surface area contributed by atoms with Crippen LogP contribution in [0.5, 0.6) is 0 Å². The number of aromatic nitrogens is 2. The van der Waals surface area contributed by atoms with Crippen LogP contribution in [0.4, 0.5) is 10.2 Å². The van der Waals surface area contributed by atoms with E-state index >= 15 is 0 Å². The fourth-order valence-corrected chi connectivity index (χ4v) is 4.10. The van der Waals surface area contributed by atoms with E-state index in [0.717, 1.165) is 37.7 Å². The molecular formula is C28H35FN4O2. The van der Waals surface area contributed by atoms with Crippen LogP contribution >= 0.6 is 0 Å². The first-order chi connectivity index (χ1) is 17.0. The molecular weight excluding hydrogens is 443 g/mol. The van der Waals surface area contributed by atoms with Gasteiger partial charge in [-0.05, 0) is 43.5 Å². The Morgan fingerprint density at radius 3 is 2.37 bits per heavy atom. The van der Waals surface area contributed by atoms with Gasteiger partial charge in [0.05, 0.1) is 17.9 Å². The van der Waals surface area contributed by atoms with E-state index in [0.29, 0.717) is 23.7 Å². The van der Waals surface area contributed by atoms with Gasteiger partial charge in [-0.3, -0.25) is 9.59 Å². The van der Waals surface area contributed by atoms with Gasteiger partial charge >= 0.3 is 0 Å². The largest absolute Gasteiger partial charge is 0.333 e. The van der Waals surface area contributed by atoms with Crippen molar-refractivity contribution in [2.45, 2.75) is 52.9 Å². The molecule has 35 heavy (non-hydrogen) atoms. The minimum Gasteiger partial charge on any atom is -0.333 e. The normalized spacial score (nSPS) is 11.8. The molecule has 0 saturated heterocycles. The van der Waals surface area contributed by atoms with E-state index in [4.69, 9.17) is 0 Å². The highest BCUT2D eigenvalue weighted by molar-refractivity contribution is 5.95. The number of halogens is 1. The van der Waals surface area contributed by atoms with E-state index in [1.807, 2.05) is 44.2 Å². The molecule has 3 aromatic rings. The van der Waals surface area contributed by atoms with Gasteiger partial charge < -0.3 is 10.2 Å². The fraction of sp³-hybridized carbons (Fsp3) is 0.393. The molecule has 3 rings (SSSR count). The van der Waals surface area contributed by atoms with Crippen LogP contribution in [0.2, 0.25) is 0 Å². The number of nitrogens with zero attached hydrogens (tertiary/aromatic N) is 3. The van der Waals surface area contributed by atoms with Gasteiger partial charge in [-0.25, -0.2) is 9.07 Å². The van der Waals surface area contributed by atoms with E-state index in [9.17, 15) is 14.0 Å². The van der Waals surface area contributed by atoms with Gasteiger partial charge in [-0.2, -0.15) is 5.10 Å². The molecule has 2 aromatic carbocycles. The van der Waals surface area contributed by atoms with Gasteiger partial charge in [-0.15, -0.1) is 0 Å². The van der Waals surface area contributed by atoms with Crippen molar-refractivity contribution >= 4 is 17.6 Å². The highest BCUT2D eigenvalue weighted by Crippen LogP contribution is 2.25. The summed E-state index contributed by atoms with van der Waals surface area (Å²) >= 11 is 0. The van der Waals surface area contributed by atoms with Crippen molar-refractivity contribution in [3.63, 3.8) is 0 Å². The molecule has 0 fully saturated rings. The van der Waals surface area contributed by atoms with Crippen LogP contribution in [0.25, 0.3) is 16.9 Å². The van der Waals surface area contributed by atoms with Crippen molar-refractivity contribution in [3.8, 4) is 16.9 Å². The standard InChI is InChI=1S/C28H35FN4O2/c1-4-7-11-21(6-3)28(35)32(18-5-2)20-27(34)30-26-19-25(22-12-9-8-10-13-22)31-33(26)24-16-14-23(29)15-17-24/h8-10,12-17,19,21H,4-7,11,18,20H2,1-3H3,(H,30,34). The van der Waals surface area contributed by atoms with Crippen LogP contribution in [-0.4, -0.2) is 39.6 Å². The first-order valence-electron chi connectivity index (χ1n) is 12.5. The summed E-state index contributed by atoms with van der Waals surface area (Å²) in [6, 6.07) is 17.4. The Bertz CT molecular complexity index is 1100. The van der Waals surface area contributed by atoms with E-state index in [-0.39, 0.29) is 30.1 Å². The van der Waals surface area contributed by atoms with Crippen molar-refractivity contribution in [2.24, 2.45) is 5.92 Å². The number of nitrogens with one attached hydrogen (secondary N) is 1. The Hall–Kier alpha value is -3.48. The van der Waals surface area contributed by atoms with Gasteiger partial charge in [0, 0.05) is 24.1 Å². The zero-order chi connectivity index (χ0) is 25.2. The van der Waals surface area contributed by atoms with E-state index in [2.05, 4.69) is 17.3 Å². The van der Waals surface area contributed by atoms with Crippen molar-refractivity contribution < 1.29 is 14.0 Å². The Labute approximate surface area is 207 Å². The number of carbonyl (C=O) groups is 2. The molecule has 2 amide bonds. The van der Waals surface area contributed by atoms with Crippen LogP contribution in [0.3, 0.4) is 0 Å². The number of carbonyl (C=O) groups excluding carboxylic acids is 2. The Morgan fingerprint density at radius 1 is 1.03 bits per heavy atom. The van der Waals surface area contributed by atoms with Crippen LogP contribution < -0.4 is 5.32 Å². The lowest BCUT2D eigenvalue weighted by Gasteiger charge is -2.26. The highest BCUT2D eigenvalue weighted by Gasteiger charge is 2.24. The van der Waals surface area contributed by atoms with Crippen LogP contribution in [0.1, 0.15) is 52.9 Å². The van der Waals surface area contributed by atoms with Crippen LogP contribution in [0.15, 0.2) is 60.7 Å². The molecule has 0 aliphatic carbocycles. The molecule has 0 aliphatic rings. The maximum absolute atomic E-state index is 13.5. The van der Waals surface area contributed by atoms with Gasteiger partial charge in [0.2, 0.25) is 11.8 Å². The average molecular weight is 479 g/mol. The third-order valence-electron chi connectivity index (χ3n) is 6.01. The number of amides is 2. The summed E-state index contributed by atoms with van der Waals surface area (Å²) in [5, 5.41) is 7.59. The summed E-state index contributed by atoms with van der Waals surface area (Å²) in [6.45, 7) is 6.64. The maximum atomic E-state index is 13.5. The lowest BCUT2D eigenvalue weighted by molar-refractivity contribution is -0.138. The molecule has 0 spiro atoms. The van der Waals surface area contributed by atoms with Crippen molar-refractivity contribution in [1.82, 2.24) is 14.7 Å². The third-order valence-corrected chi connectivity index (χ3v) is 6.01. The zero-order valence-electron chi connectivity index (χ0n) is 20.8. The summed E-state index contributed by atoms with van der Waals surface area (Å²) in [4.78, 5) is 27.9. The average Bonchev–Trinajstić information content (AvgIpc) is 3.28. The second-order valence-electron chi connectivity index (χ2n) is 8.72. The van der Waals surface area contributed by atoms with Crippen molar-refractivity contribution in [3.05, 3.63) is 66.5 Å². The Kier molecular flexibility index (Phi) is 9.58. The molecule has 0 bridgehead atoms. The predicted octanol–water partition coefficient (Wildman–Crippen LogP) is 6.07. The number of hydrogen-bond acceptors (Lipinski definition) is 3. The van der Waals surface area contributed by atoms with Gasteiger partial charge in [0.1, 0.15) is 11.6 Å². The lowest BCUT2D eigenvalue weighted by Crippen LogP contribution is -2.42. The van der Waals surface area contributed by atoms with Crippen LogP contribution in [-0.2, 0) is 9.59 Å². The minimum absolute atomic E-state index is 0.0232. The molecule has 1 aromatic heterocycles. The summed E-state index contributed by atoms with van der Waals surface area (Å²) in [5.74, 6) is -0.210. The second-order valence-corrected chi connectivity index (χ2v) is 8.72. The summed E-state index contributed by atoms with van der Waals surface area (Å²) in [7, 11) is 0. The number of unbranched alkanes of at least 4 members (excludes halogenated alkanes) is 1. The minimum atomic E-state index is -0.350. The molecule has 0 radical (unpaired) electrons. The lowest BCUT2D eigenvalue weighted by atomic mass is 9.97. The molecule has 1 heterocycles. The van der Waals surface area contributed by atoms with E-state index in [1.165, 1.54) is 12.1 Å². The number of anilines is 1. The molecule has 0 aliphatic heterocycles. The smallest absolute Gasteiger partial charge is 0.245 e. The second kappa shape index (κ2) is 12.8. The number of rotatable bonds is 12. The predicted molar refractivity (Wildman–Crippen MR) is 138 cm³/mol. The van der Waals surface area contributed by atoms with E-state index in [1.54, 1.807) is 27.8 Å². The summed E-state index contributed by atoms with van der Waals surface area (Å²) in [6.07, 6.45) is 4.41. The quantitative estimate of drug-likeness (QED) is 0.343. The van der Waals surface area contributed by atoms with Gasteiger partial charge in [-0.1, -0.05) is 63.9 Å². The van der Waals surface area contributed by atoms with Gasteiger partial charge in [0.15, 0.2) is 0 Å². The molecule has 1 unspecified atom stereocenters. The first kappa shape index (κ1) is 26.1. The van der Waals surface area contributed by atoms with E-state index < -0.39 is 0 Å². The Morgan fingerprint density at radius 2 is 1.74 bits per heavy atom. The molecule has 1 atom stereocenters. The number of hydrogen-bond donors (Lipinski definition) is 1. The molecule has 186 valence electrons. The monoisotopic (exact) mass is 478 g/mol.